The van der Waals surface area contributed by atoms with Gasteiger partial charge in [0.1, 0.15) is 49.4 Å². The Kier molecular flexibility index (Phi) is 62.9. The summed E-state index contributed by atoms with van der Waals surface area (Å²) in [6.07, 6.45) is 11.7. The smallest absolute Gasteiger partial charge is 0.343 e. The minimum absolute atomic E-state index is 0. The van der Waals surface area contributed by atoms with Gasteiger partial charge in [0, 0.05) is 115 Å². The number of halogens is 4. The molecular formula is C104H116B4F4N8O16. The Balaban J connectivity index is -0.000000817. The van der Waals surface area contributed by atoms with Crippen LogP contribution in [0.5, 0.6) is 23.0 Å². The van der Waals surface area contributed by atoms with Crippen LogP contribution < -0.4 is 64.8 Å². The molecule has 12 aromatic carbocycles. The molecule has 0 heterocycles. The van der Waals surface area contributed by atoms with E-state index >= 15 is 0 Å². The van der Waals surface area contributed by atoms with E-state index in [4.69, 9.17) is 83.8 Å². The topological polar surface area (TPSA) is 419 Å². The van der Waals surface area contributed by atoms with Crippen molar-refractivity contribution in [2.45, 2.75) is 83.8 Å². The first-order valence-electron chi connectivity index (χ1n) is 38.6. The van der Waals surface area contributed by atoms with Gasteiger partial charge in [0.15, 0.2) is 0 Å². The average molecular weight is 1850 g/mol. The quantitative estimate of drug-likeness (QED) is 0.00530. The van der Waals surface area contributed by atoms with Crippen molar-refractivity contribution in [3.05, 3.63) is 380 Å². The largest absolute Gasteiger partial charge is 0.458 e. The van der Waals surface area contributed by atoms with Gasteiger partial charge in [-0.2, -0.15) is 0 Å². The lowest BCUT2D eigenvalue weighted by Gasteiger charge is -2.06. The van der Waals surface area contributed by atoms with Crippen LogP contribution in [0.15, 0.2) is 291 Å². The molecule has 0 aliphatic heterocycles. The van der Waals surface area contributed by atoms with Gasteiger partial charge < -0.3 is 83.8 Å². The zero-order valence-corrected chi connectivity index (χ0v) is 73.8. The molecule has 0 aliphatic rings. The van der Waals surface area contributed by atoms with Crippen molar-refractivity contribution >= 4 is 151 Å². The lowest BCUT2D eigenvalue weighted by Crippen LogP contribution is -2.08. The Bertz CT molecular complexity index is 5710. The maximum Gasteiger partial charge on any atom is 0.343 e. The summed E-state index contributed by atoms with van der Waals surface area (Å²) >= 11 is 0. The highest BCUT2D eigenvalue weighted by molar-refractivity contribution is 5.95. The summed E-state index contributed by atoms with van der Waals surface area (Å²) in [6, 6.07) is 75.9. The number of ether oxygens (including phenoxy) is 8. The Hall–Kier alpha value is -16.3. The maximum absolute atomic E-state index is 12.2. The summed E-state index contributed by atoms with van der Waals surface area (Å²) in [6.45, 7) is 8.08. The molecule has 0 amide bonds. The molecule has 0 atom stereocenters. The predicted octanol–water partition coefficient (Wildman–Crippen LogP) is 19.9. The SMILES string of the molecule is C.C.C.C.CF.CF.CF.CF.Cc1ccc(C(=O)Oc2ccc(/C=C/C(=O)OCc3cc(N)cc(N)c3)cc2)cc1.Cc1ccc(C(=O)Oc2ccc(/C=C/C(=O)OCc3ccc(N)cc3N)cc2)cc1.Cc1ccc(OC(=O)c2ccc(/C=C/C(=O)OCc3cc(N)cc(N)c3)cc2)cc1.Cc1ccc(OC(=O)c2ccc(/C=C/C(=O)OCc3ccc(N)cc3N)cc2)cc1.[B].[B].[B].[B]. The van der Waals surface area contributed by atoms with Gasteiger partial charge in [-0.3, -0.25) is 17.6 Å². The Morgan fingerprint density at radius 3 is 0.654 bits per heavy atom. The normalized spacial score (nSPS) is 9.62. The van der Waals surface area contributed by atoms with Crippen LogP contribution in [0, 0.1) is 27.7 Å². The minimum Gasteiger partial charge on any atom is -0.458 e. The van der Waals surface area contributed by atoms with Gasteiger partial charge in [0.05, 0.1) is 51.0 Å². The first-order chi connectivity index (χ1) is 61.6. The fourth-order valence-corrected chi connectivity index (χ4v) is 10.6. The summed E-state index contributed by atoms with van der Waals surface area (Å²) in [5.41, 5.74) is 61.8. The van der Waals surface area contributed by atoms with Crippen LogP contribution in [-0.2, 0) is 64.6 Å². The van der Waals surface area contributed by atoms with Crippen LogP contribution in [-0.4, -0.2) is 110 Å². The van der Waals surface area contributed by atoms with Crippen molar-refractivity contribution < 1.29 is 93.8 Å². The molecule has 708 valence electrons. The highest BCUT2D eigenvalue weighted by Crippen LogP contribution is 2.25. The number of carbonyl (C=O) groups is 8. The van der Waals surface area contributed by atoms with Crippen LogP contribution in [0.3, 0.4) is 0 Å². The molecular weight excluding hydrogens is 1740 g/mol. The monoisotopic (exact) mass is 1850 g/mol. The summed E-state index contributed by atoms with van der Waals surface area (Å²) in [5, 5.41) is 0. The van der Waals surface area contributed by atoms with E-state index in [1.807, 2.05) is 76.2 Å². The van der Waals surface area contributed by atoms with Crippen molar-refractivity contribution in [2.24, 2.45) is 0 Å². The standard InChI is InChI=1S/4C24H22N2O4.4CH3F.4CH4.4B/c1-16-2-11-21(12-3-16)30-24(28)18-7-4-17(5-8-18)6-13-23(27)29-15-19-9-10-20(25)14-22(19)26;1-16-2-9-22(10-3-16)30-24(28)19-7-4-17(5-8-19)6-11-23(27)29-15-18-12-20(25)14-21(26)13-18;1-16-2-7-18(8-3-16)24(28)30-21-11-4-17(5-12-21)6-13-23(27)29-15-19-9-10-20(25)14-22(19)26;1-16-2-7-19(8-3-16)24(28)30-22-9-4-17(5-10-22)6-11-23(27)29-15-18-12-20(25)14-21(26)13-18;4*1-2;;;;;;;;/h4*2-14H,15,25-26H2,1H3;4*1H3;4*1H4;;;;/b13-6+;11-6+;13-6+;11-6+;;;;;;;;;;;;. The molecule has 0 saturated carbocycles. The molecule has 136 heavy (non-hydrogen) atoms. The summed E-state index contributed by atoms with van der Waals surface area (Å²) in [5.74, 6) is -1.95. The van der Waals surface area contributed by atoms with Gasteiger partial charge in [0.25, 0.3) is 0 Å². The number of hydrogen-bond acceptors (Lipinski definition) is 24. The molecule has 16 N–H and O–H groups in total. The first kappa shape index (κ1) is 126. The van der Waals surface area contributed by atoms with Crippen LogP contribution in [0.25, 0.3) is 24.3 Å². The van der Waals surface area contributed by atoms with E-state index in [9.17, 15) is 55.9 Å². The fourth-order valence-electron chi connectivity index (χ4n) is 10.6. The molecule has 12 aromatic rings. The third-order valence-corrected chi connectivity index (χ3v) is 17.1. The molecule has 0 saturated heterocycles. The van der Waals surface area contributed by atoms with Gasteiger partial charge >= 0.3 is 47.8 Å². The molecule has 0 unspecified atom stereocenters. The van der Waals surface area contributed by atoms with E-state index in [1.165, 1.54) is 24.3 Å². The van der Waals surface area contributed by atoms with Gasteiger partial charge in [0.2, 0.25) is 0 Å². The molecule has 0 aliphatic carbocycles. The number of esters is 8. The second-order valence-corrected chi connectivity index (χ2v) is 27.0. The average Bonchev–Trinajstić information content (AvgIpc) is 0.889. The number of benzene rings is 12. The Morgan fingerprint density at radius 1 is 0.243 bits per heavy atom. The second kappa shape index (κ2) is 67.9. The number of rotatable bonds is 24. The van der Waals surface area contributed by atoms with Gasteiger partial charge in [-0.15, -0.1) is 0 Å². The molecule has 0 spiro atoms. The predicted molar refractivity (Wildman–Crippen MR) is 545 cm³/mol. The van der Waals surface area contributed by atoms with E-state index in [1.54, 1.807) is 243 Å². The van der Waals surface area contributed by atoms with Gasteiger partial charge in [-0.05, 0) is 243 Å². The molecule has 0 fully saturated rings. The first-order valence-corrected chi connectivity index (χ1v) is 38.6. The third kappa shape index (κ3) is 46.5. The van der Waals surface area contributed by atoms with E-state index in [-0.39, 0.29) is 89.8 Å². The van der Waals surface area contributed by atoms with Crippen molar-refractivity contribution in [3.8, 4) is 23.0 Å². The number of nitrogen functional groups attached to an aromatic ring is 8. The van der Waals surface area contributed by atoms with E-state index in [0.717, 1.165) is 44.5 Å². The highest BCUT2D eigenvalue weighted by Gasteiger charge is 2.15. The number of anilines is 8. The Morgan fingerprint density at radius 2 is 0.434 bits per heavy atom. The van der Waals surface area contributed by atoms with Gasteiger partial charge in [-0.1, -0.05) is 161 Å². The molecule has 0 aromatic heterocycles. The molecule has 24 nitrogen and oxygen atoms in total. The van der Waals surface area contributed by atoms with E-state index in [2.05, 4.69) is 0 Å². The van der Waals surface area contributed by atoms with Crippen molar-refractivity contribution in [3.63, 3.8) is 0 Å². The Labute approximate surface area is 802 Å². The van der Waals surface area contributed by atoms with Gasteiger partial charge in [-0.25, -0.2) is 38.4 Å². The van der Waals surface area contributed by atoms with E-state index in [0.29, 0.717) is 142 Å². The number of nitrogens with two attached hydrogens (primary N) is 8. The lowest BCUT2D eigenvalue weighted by atomic mass is 10.1. The van der Waals surface area contributed by atoms with E-state index < -0.39 is 47.8 Å². The zero-order chi connectivity index (χ0) is 94.0. The maximum atomic E-state index is 12.2. The molecule has 12 rings (SSSR count). The zero-order valence-electron chi connectivity index (χ0n) is 73.8. The molecule has 12 radical (unpaired) electrons. The number of aryl methyl sites for hydroxylation is 4. The van der Waals surface area contributed by atoms with Crippen LogP contribution in [0.1, 0.15) is 138 Å². The fraction of sp³-hybridized carbons (Fsp3) is 0.154. The van der Waals surface area contributed by atoms with Crippen molar-refractivity contribution in [1.82, 2.24) is 0 Å². The van der Waals surface area contributed by atoms with Crippen LogP contribution in [0.2, 0.25) is 0 Å². The summed E-state index contributed by atoms with van der Waals surface area (Å²) in [7, 11) is 2.00. The van der Waals surface area contributed by atoms with Crippen LogP contribution >= 0.6 is 0 Å². The molecule has 0 bridgehead atoms. The lowest BCUT2D eigenvalue weighted by molar-refractivity contribution is -0.139. The summed E-state index contributed by atoms with van der Waals surface area (Å²) in [4.78, 5) is 96.4. The second-order valence-electron chi connectivity index (χ2n) is 27.0. The third-order valence-electron chi connectivity index (χ3n) is 17.1. The number of alkyl halides is 4. The minimum atomic E-state index is -0.505. The van der Waals surface area contributed by atoms with Crippen molar-refractivity contribution in [2.75, 3.05) is 74.6 Å². The number of carbonyl (C=O) groups excluding carboxylic acids is 8. The van der Waals surface area contributed by atoms with Crippen LogP contribution in [0.4, 0.5) is 63.1 Å². The molecule has 32 heteroatoms. The van der Waals surface area contributed by atoms with Crippen molar-refractivity contribution in [1.29, 1.82) is 0 Å². The summed E-state index contributed by atoms with van der Waals surface area (Å²) < 4.78 is 80.1. The number of hydrogen-bond donors (Lipinski definition) is 8. The highest BCUT2D eigenvalue weighted by atomic mass is 19.1.